The van der Waals surface area contributed by atoms with Crippen LogP contribution in [0.15, 0.2) is 42.5 Å². The molecule has 0 aliphatic heterocycles. The number of hydrogen-bond acceptors (Lipinski definition) is 2. The first-order valence-electron chi connectivity index (χ1n) is 4.30. The van der Waals surface area contributed by atoms with Gasteiger partial charge in [0.2, 0.25) is 11.8 Å². The number of aromatic nitrogens is 1. The maximum absolute atomic E-state index is 12.7. The van der Waals surface area contributed by atoms with Gasteiger partial charge in [0.05, 0.1) is 0 Å². The molecule has 2 rings (SSSR count). The van der Waals surface area contributed by atoms with Crippen LogP contribution in [0.1, 0.15) is 0 Å². The van der Waals surface area contributed by atoms with E-state index in [0.717, 1.165) is 0 Å². The van der Waals surface area contributed by atoms with Gasteiger partial charge in [-0.3, -0.25) is 0 Å². The fourth-order valence-electron chi connectivity index (χ4n) is 1.07. The summed E-state index contributed by atoms with van der Waals surface area (Å²) in [6.45, 7) is 0. The van der Waals surface area contributed by atoms with Gasteiger partial charge in [-0.05, 0) is 30.3 Å². The van der Waals surface area contributed by atoms with Gasteiger partial charge in [-0.1, -0.05) is 6.07 Å². The molecule has 0 aliphatic carbocycles. The minimum Gasteiger partial charge on any atom is -0.439 e. The molecule has 0 N–H and O–H groups in total. The van der Waals surface area contributed by atoms with E-state index in [-0.39, 0.29) is 11.7 Å². The van der Waals surface area contributed by atoms with E-state index in [9.17, 15) is 8.78 Å². The van der Waals surface area contributed by atoms with Crippen LogP contribution in [-0.4, -0.2) is 4.98 Å². The highest BCUT2D eigenvalue weighted by Crippen LogP contribution is 2.19. The van der Waals surface area contributed by atoms with Crippen molar-refractivity contribution in [1.29, 1.82) is 0 Å². The van der Waals surface area contributed by atoms with Gasteiger partial charge < -0.3 is 4.74 Å². The predicted octanol–water partition coefficient (Wildman–Crippen LogP) is 3.15. The van der Waals surface area contributed by atoms with Crippen LogP contribution in [0.3, 0.4) is 0 Å². The number of rotatable bonds is 2. The highest BCUT2D eigenvalue weighted by molar-refractivity contribution is 5.26. The van der Waals surface area contributed by atoms with E-state index in [4.69, 9.17) is 4.74 Å². The lowest BCUT2D eigenvalue weighted by molar-refractivity contribution is 0.444. The largest absolute Gasteiger partial charge is 0.439 e. The average molecular weight is 207 g/mol. The minimum absolute atomic E-state index is 0.140. The minimum atomic E-state index is -0.616. The molecule has 0 saturated carbocycles. The van der Waals surface area contributed by atoms with Crippen molar-refractivity contribution >= 4 is 0 Å². The Balaban J connectivity index is 2.18. The fraction of sp³-hybridized carbons (Fsp3) is 0. The molecule has 4 heteroatoms. The molecule has 1 aromatic heterocycles. The van der Waals surface area contributed by atoms with Gasteiger partial charge >= 0.3 is 0 Å². The Morgan fingerprint density at radius 1 is 0.933 bits per heavy atom. The zero-order chi connectivity index (χ0) is 10.7. The molecule has 1 heterocycles. The number of halogens is 2. The van der Waals surface area contributed by atoms with Crippen molar-refractivity contribution in [1.82, 2.24) is 4.98 Å². The molecule has 0 unspecified atom stereocenters. The lowest BCUT2D eigenvalue weighted by atomic mass is 10.3. The Hall–Kier alpha value is -1.97. The Kier molecular flexibility index (Phi) is 2.58. The lowest BCUT2D eigenvalue weighted by Gasteiger charge is -2.03. The summed E-state index contributed by atoms with van der Waals surface area (Å²) in [4.78, 5) is 3.51. The van der Waals surface area contributed by atoms with Crippen molar-refractivity contribution in [2.45, 2.75) is 0 Å². The van der Waals surface area contributed by atoms with Gasteiger partial charge in [-0.15, -0.1) is 0 Å². The Labute approximate surface area is 85.2 Å². The number of hydrogen-bond donors (Lipinski definition) is 0. The van der Waals surface area contributed by atoms with Gasteiger partial charge in [0, 0.05) is 6.07 Å². The van der Waals surface area contributed by atoms with Crippen molar-refractivity contribution in [2.75, 3.05) is 0 Å². The average Bonchev–Trinajstić information content (AvgIpc) is 2.22. The lowest BCUT2D eigenvalue weighted by Crippen LogP contribution is -1.89. The van der Waals surface area contributed by atoms with Gasteiger partial charge in [-0.25, -0.2) is 4.39 Å². The third-order valence-corrected chi connectivity index (χ3v) is 1.73. The van der Waals surface area contributed by atoms with E-state index in [1.807, 2.05) is 0 Å². The van der Waals surface area contributed by atoms with E-state index < -0.39 is 5.95 Å². The van der Waals surface area contributed by atoms with E-state index in [1.54, 1.807) is 0 Å². The molecule has 2 nitrogen and oxygen atoms in total. The summed E-state index contributed by atoms with van der Waals surface area (Å²) >= 11 is 0. The molecule has 0 radical (unpaired) electrons. The predicted molar refractivity (Wildman–Crippen MR) is 50.7 cm³/mol. The Morgan fingerprint density at radius 3 is 2.33 bits per heavy atom. The second-order valence-electron chi connectivity index (χ2n) is 2.85. The van der Waals surface area contributed by atoms with Crippen molar-refractivity contribution in [3.05, 3.63) is 54.2 Å². The molecule has 0 amide bonds. The maximum atomic E-state index is 12.7. The van der Waals surface area contributed by atoms with E-state index in [1.165, 1.54) is 42.5 Å². The standard InChI is InChI=1S/C11H7F2NO/c12-8-4-6-9(7-5-8)15-11-3-1-2-10(13)14-11/h1-7H. The van der Waals surface area contributed by atoms with Crippen molar-refractivity contribution in [2.24, 2.45) is 0 Å². The summed E-state index contributed by atoms with van der Waals surface area (Å²) < 4.78 is 30.4. The second-order valence-corrected chi connectivity index (χ2v) is 2.85. The number of benzene rings is 1. The summed E-state index contributed by atoms with van der Waals surface area (Å²) in [5.41, 5.74) is 0. The summed E-state index contributed by atoms with van der Waals surface area (Å²) in [5, 5.41) is 0. The van der Waals surface area contributed by atoms with Crippen LogP contribution in [-0.2, 0) is 0 Å². The third kappa shape index (κ3) is 2.49. The van der Waals surface area contributed by atoms with Crippen molar-refractivity contribution in [3.63, 3.8) is 0 Å². The van der Waals surface area contributed by atoms with Gasteiger partial charge in [0.25, 0.3) is 0 Å². The van der Waals surface area contributed by atoms with Crippen LogP contribution in [0.2, 0.25) is 0 Å². The SMILES string of the molecule is Fc1ccc(Oc2cccc(F)n2)cc1. The topological polar surface area (TPSA) is 22.1 Å². The highest BCUT2D eigenvalue weighted by Gasteiger charge is 1.99. The summed E-state index contributed by atoms with van der Waals surface area (Å²) in [6.07, 6.45) is 0. The molecule has 0 bridgehead atoms. The number of pyridine rings is 1. The first-order valence-corrected chi connectivity index (χ1v) is 4.30. The van der Waals surface area contributed by atoms with Crippen molar-refractivity contribution < 1.29 is 13.5 Å². The Bertz CT molecular complexity index is 456. The molecule has 76 valence electrons. The molecular formula is C11H7F2NO. The quantitative estimate of drug-likeness (QED) is 0.705. The van der Waals surface area contributed by atoms with Crippen molar-refractivity contribution in [3.8, 4) is 11.6 Å². The molecule has 2 aromatic rings. The van der Waals surface area contributed by atoms with E-state index >= 15 is 0 Å². The molecule has 0 saturated heterocycles. The Morgan fingerprint density at radius 2 is 1.67 bits per heavy atom. The molecular weight excluding hydrogens is 200 g/mol. The zero-order valence-electron chi connectivity index (χ0n) is 7.65. The number of ether oxygens (including phenoxy) is 1. The summed E-state index contributed by atoms with van der Waals surface area (Å²) in [6, 6.07) is 9.64. The first-order chi connectivity index (χ1) is 7.24. The smallest absolute Gasteiger partial charge is 0.221 e. The normalized spacial score (nSPS) is 10.0. The van der Waals surface area contributed by atoms with E-state index in [0.29, 0.717) is 5.75 Å². The molecule has 15 heavy (non-hydrogen) atoms. The third-order valence-electron chi connectivity index (χ3n) is 1.73. The van der Waals surface area contributed by atoms with Gasteiger partial charge in [-0.2, -0.15) is 9.37 Å². The molecule has 0 spiro atoms. The molecule has 0 fully saturated rings. The summed E-state index contributed by atoms with van der Waals surface area (Å²) in [7, 11) is 0. The first kappa shape index (κ1) is 9.58. The zero-order valence-corrected chi connectivity index (χ0v) is 7.65. The van der Waals surface area contributed by atoms with E-state index in [2.05, 4.69) is 4.98 Å². The van der Waals surface area contributed by atoms with Gasteiger partial charge in [0.1, 0.15) is 11.6 Å². The van der Waals surface area contributed by atoms with Crippen LogP contribution in [0.5, 0.6) is 11.6 Å². The monoisotopic (exact) mass is 207 g/mol. The maximum Gasteiger partial charge on any atom is 0.221 e. The van der Waals surface area contributed by atoms with Crippen LogP contribution < -0.4 is 4.74 Å². The highest BCUT2D eigenvalue weighted by atomic mass is 19.1. The van der Waals surface area contributed by atoms with Crippen LogP contribution >= 0.6 is 0 Å². The second kappa shape index (κ2) is 4.04. The molecule has 1 aromatic carbocycles. The van der Waals surface area contributed by atoms with Gasteiger partial charge in [0.15, 0.2) is 0 Å². The fourth-order valence-corrected chi connectivity index (χ4v) is 1.07. The number of nitrogens with zero attached hydrogens (tertiary/aromatic N) is 1. The summed E-state index contributed by atoms with van der Waals surface area (Å²) in [5.74, 6) is -0.416. The van der Waals surface area contributed by atoms with Crippen LogP contribution in [0.4, 0.5) is 8.78 Å². The van der Waals surface area contributed by atoms with Crippen LogP contribution in [0, 0.1) is 11.8 Å². The molecule has 0 aliphatic rings. The van der Waals surface area contributed by atoms with Crippen LogP contribution in [0.25, 0.3) is 0 Å². The molecule has 0 atom stereocenters.